The van der Waals surface area contributed by atoms with E-state index in [1.807, 2.05) is 0 Å². The quantitative estimate of drug-likeness (QED) is 0.674. The molecule has 0 spiro atoms. The number of hydrogen-bond acceptors (Lipinski definition) is 6. The van der Waals surface area contributed by atoms with E-state index in [1.165, 1.54) is 16.2 Å². The van der Waals surface area contributed by atoms with Crippen LogP contribution >= 0.6 is 0 Å². The molecule has 0 radical (unpaired) electrons. The lowest BCUT2D eigenvalue weighted by atomic mass is 10.4. The number of fused-ring (bicyclic) bond motifs is 1. The molecular formula is C14H20N6O4. The summed E-state index contributed by atoms with van der Waals surface area (Å²) in [6, 6.07) is 0. The average Bonchev–Trinajstić information content (AvgIpc) is 2.90. The van der Waals surface area contributed by atoms with Gasteiger partial charge in [-0.05, 0) is 0 Å². The minimum absolute atomic E-state index is 0.163. The first kappa shape index (κ1) is 16.4. The van der Waals surface area contributed by atoms with Crippen molar-refractivity contribution in [3.63, 3.8) is 0 Å². The average molecular weight is 336 g/mol. The molecule has 130 valence electrons. The lowest BCUT2D eigenvalue weighted by Gasteiger charge is -2.26. The molecule has 2 aromatic heterocycles. The molecule has 10 nitrogen and oxygen atoms in total. The normalized spacial score (nSPS) is 15.9. The number of carbonyl (C=O) groups excluding carboxylic acids is 1. The third kappa shape index (κ3) is 2.74. The van der Waals surface area contributed by atoms with Crippen molar-refractivity contribution in [3.8, 4) is 0 Å². The highest BCUT2D eigenvalue weighted by molar-refractivity contribution is 5.78. The largest absolute Gasteiger partial charge is 0.379 e. The number of amides is 1. The van der Waals surface area contributed by atoms with Gasteiger partial charge in [0.2, 0.25) is 5.91 Å². The number of carbonyl (C=O) groups is 1. The third-order valence-corrected chi connectivity index (χ3v) is 4.21. The lowest BCUT2D eigenvalue weighted by Crippen LogP contribution is -2.38. The Kier molecular flexibility index (Phi) is 4.24. The number of morpholine rings is 1. The monoisotopic (exact) mass is 336 g/mol. The SMILES string of the molecule is Cn1c(=O)c2c(nc(CN3CCOCC3)n2CC(N)=O)n(C)c1=O. The van der Waals surface area contributed by atoms with Crippen molar-refractivity contribution in [1.29, 1.82) is 0 Å². The second kappa shape index (κ2) is 6.21. The predicted octanol–water partition coefficient (Wildman–Crippen LogP) is -2.25. The number of rotatable bonds is 4. The van der Waals surface area contributed by atoms with Crippen molar-refractivity contribution in [2.75, 3.05) is 26.3 Å². The molecular weight excluding hydrogens is 316 g/mol. The van der Waals surface area contributed by atoms with Crippen LogP contribution in [0, 0.1) is 0 Å². The summed E-state index contributed by atoms with van der Waals surface area (Å²) >= 11 is 0. The molecule has 0 aromatic carbocycles. The first-order valence-corrected chi connectivity index (χ1v) is 7.63. The summed E-state index contributed by atoms with van der Waals surface area (Å²) in [6.45, 7) is 2.99. The molecule has 1 aliphatic heterocycles. The fourth-order valence-electron chi connectivity index (χ4n) is 2.90. The van der Waals surface area contributed by atoms with Crippen LogP contribution < -0.4 is 17.0 Å². The summed E-state index contributed by atoms with van der Waals surface area (Å²) < 4.78 is 9.13. The molecule has 0 atom stereocenters. The van der Waals surface area contributed by atoms with Crippen molar-refractivity contribution >= 4 is 17.1 Å². The smallest absolute Gasteiger partial charge is 0.332 e. The number of nitrogens with zero attached hydrogens (tertiary/aromatic N) is 5. The van der Waals surface area contributed by atoms with E-state index < -0.39 is 17.2 Å². The molecule has 1 amide bonds. The number of imidazole rings is 1. The molecule has 2 aromatic rings. The molecule has 10 heteroatoms. The van der Waals surface area contributed by atoms with E-state index in [-0.39, 0.29) is 17.7 Å². The van der Waals surface area contributed by atoms with Gasteiger partial charge in [0.05, 0.1) is 19.8 Å². The Morgan fingerprint density at radius 1 is 1.21 bits per heavy atom. The maximum Gasteiger partial charge on any atom is 0.332 e. The summed E-state index contributed by atoms with van der Waals surface area (Å²) in [5, 5.41) is 0. The van der Waals surface area contributed by atoms with Crippen LogP contribution in [0.1, 0.15) is 5.82 Å². The fraction of sp³-hybridized carbons (Fsp3) is 0.571. The fourth-order valence-corrected chi connectivity index (χ4v) is 2.90. The Morgan fingerprint density at radius 3 is 2.50 bits per heavy atom. The minimum atomic E-state index is -0.576. The van der Waals surface area contributed by atoms with E-state index in [1.54, 1.807) is 7.05 Å². The van der Waals surface area contributed by atoms with Crippen molar-refractivity contribution in [1.82, 2.24) is 23.6 Å². The van der Waals surface area contributed by atoms with Gasteiger partial charge < -0.3 is 15.0 Å². The van der Waals surface area contributed by atoms with Gasteiger partial charge in [0.25, 0.3) is 5.56 Å². The first-order valence-electron chi connectivity index (χ1n) is 7.63. The van der Waals surface area contributed by atoms with E-state index in [2.05, 4.69) is 9.88 Å². The Balaban J connectivity index is 2.18. The molecule has 2 N–H and O–H groups in total. The molecule has 0 bridgehead atoms. The first-order chi connectivity index (χ1) is 11.4. The standard InChI is InChI=1S/C14H20N6O4/c1-17-12-11(13(22)18(2)14(17)23)20(7-9(15)21)10(16-12)8-19-3-5-24-6-4-19/h3-8H2,1-2H3,(H2,15,21). The zero-order valence-corrected chi connectivity index (χ0v) is 13.7. The Labute approximate surface area is 137 Å². The molecule has 0 unspecified atom stereocenters. The zero-order valence-electron chi connectivity index (χ0n) is 13.7. The van der Waals surface area contributed by atoms with Gasteiger partial charge in [-0.1, -0.05) is 0 Å². The maximum atomic E-state index is 12.5. The number of nitrogens with two attached hydrogens (primary N) is 1. The van der Waals surface area contributed by atoms with Crippen molar-refractivity contribution in [2.45, 2.75) is 13.1 Å². The number of primary amides is 1. The molecule has 3 heterocycles. The predicted molar refractivity (Wildman–Crippen MR) is 85.5 cm³/mol. The van der Waals surface area contributed by atoms with Gasteiger partial charge in [0.1, 0.15) is 12.4 Å². The summed E-state index contributed by atoms with van der Waals surface area (Å²) in [7, 11) is 2.94. The number of aromatic nitrogens is 4. The summed E-state index contributed by atoms with van der Waals surface area (Å²) in [5.74, 6) is -0.0440. The van der Waals surface area contributed by atoms with Gasteiger partial charge in [0, 0.05) is 27.2 Å². The number of aryl methyl sites for hydroxylation is 1. The van der Waals surface area contributed by atoms with Crippen molar-refractivity contribution < 1.29 is 9.53 Å². The second-order valence-corrected chi connectivity index (χ2v) is 5.85. The Hall–Kier alpha value is -2.46. The van der Waals surface area contributed by atoms with Crippen molar-refractivity contribution in [2.24, 2.45) is 19.8 Å². The molecule has 24 heavy (non-hydrogen) atoms. The molecule has 1 fully saturated rings. The van der Waals surface area contributed by atoms with Gasteiger partial charge in [-0.3, -0.25) is 23.6 Å². The second-order valence-electron chi connectivity index (χ2n) is 5.85. The van der Waals surface area contributed by atoms with Crippen LogP contribution in [0.15, 0.2) is 9.59 Å². The van der Waals surface area contributed by atoms with Crippen LogP contribution in [-0.4, -0.2) is 55.8 Å². The van der Waals surface area contributed by atoms with Crippen LogP contribution in [0.4, 0.5) is 0 Å². The Morgan fingerprint density at radius 2 is 1.88 bits per heavy atom. The molecule has 1 saturated heterocycles. The third-order valence-electron chi connectivity index (χ3n) is 4.21. The molecule has 0 aliphatic carbocycles. The van der Waals surface area contributed by atoms with Gasteiger partial charge in [-0.2, -0.15) is 0 Å². The highest BCUT2D eigenvalue weighted by Gasteiger charge is 2.22. The van der Waals surface area contributed by atoms with E-state index >= 15 is 0 Å². The molecule has 0 saturated carbocycles. The summed E-state index contributed by atoms with van der Waals surface area (Å²) in [6.07, 6.45) is 0. The summed E-state index contributed by atoms with van der Waals surface area (Å²) in [4.78, 5) is 42.6. The minimum Gasteiger partial charge on any atom is -0.379 e. The zero-order chi connectivity index (χ0) is 17.4. The number of ether oxygens (including phenoxy) is 1. The van der Waals surface area contributed by atoms with E-state index in [9.17, 15) is 14.4 Å². The van der Waals surface area contributed by atoms with Gasteiger partial charge in [-0.25, -0.2) is 9.78 Å². The van der Waals surface area contributed by atoms with Crippen LogP contribution in [0.3, 0.4) is 0 Å². The van der Waals surface area contributed by atoms with Crippen LogP contribution in [0.25, 0.3) is 11.2 Å². The van der Waals surface area contributed by atoms with E-state index in [4.69, 9.17) is 10.5 Å². The maximum absolute atomic E-state index is 12.5. The van der Waals surface area contributed by atoms with Gasteiger partial charge in [0.15, 0.2) is 11.2 Å². The lowest BCUT2D eigenvalue weighted by molar-refractivity contribution is -0.118. The molecule has 3 rings (SSSR count). The summed E-state index contributed by atoms with van der Waals surface area (Å²) in [5.41, 5.74) is 4.85. The van der Waals surface area contributed by atoms with E-state index in [0.717, 1.165) is 17.7 Å². The number of hydrogen-bond donors (Lipinski definition) is 1. The topological polar surface area (TPSA) is 117 Å². The van der Waals surface area contributed by atoms with Crippen LogP contribution in [-0.2, 0) is 36.7 Å². The van der Waals surface area contributed by atoms with Gasteiger partial charge in [-0.15, -0.1) is 0 Å². The van der Waals surface area contributed by atoms with Crippen LogP contribution in [0.2, 0.25) is 0 Å². The Bertz CT molecular complexity index is 903. The molecule has 1 aliphatic rings. The van der Waals surface area contributed by atoms with Gasteiger partial charge >= 0.3 is 5.69 Å². The van der Waals surface area contributed by atoms with Crippen molar-refractivity contribution in [3.05, 3.63) is 26.7 Å². The van der Waals surface area contributed by atoms with Crippen LogP contribution in [0.5, 0.6) is 0 Å². The highest BCUT2D eigenvalue weighted by atomic mass is 16.5. The highest BCUT2D eigenvalue weighted by Crippen LogP contribution is 2.14. The van der Waals surface area contributed by atoms with E-state index in [0.29, 0.717) is 25.6 Å².